The van der Waals surface area contributed by atoms with E-state index in [9.17, 15) is 9.59 Å². The first-order valence-electron chi connectivity index (χ1n) is 10.6. The number of nitrogens with zero attached hydrogens (tertiary/aromatic N) is 2. The van der Waals surface area contributed by atoms with Crippen molar-refractivity contribution in [1.29, 1.82) is 0 Å². The number of carbonyl (C=O) groups is 1. The first-order valence-corrected chi connectivity index (χ1v) is 10.6. The van der Waals surface area contributed by atoms with Crippen LogP contribution in [-0.2, 0) is 20.9 Å². The van der Waals surface area contributed by atoms with Gasteiger partial charge in [0.15, 0.2) is 5.72 Å². The number of para-hydroxylation sites is 2. The predicted octanol–water partition coefficient (Wildman–Crippen LogP) is 4.27. The first-order chi connectivity index (χ1) is 15.1. The van der Waals surface area contributed by atoms with Gasteiger partial charge in [0.05, 0.1) is 0 Å². The molecule has 1 aromatic heterocycles. The molecule has 0 bridgehead atoms. The zero-order chi connectivity index (χ0) is 21.8. The van der Waals surface area contributed by atoms with Gasteiger partial charge in [0.2, 0.25) is 5.91 Å². The van der Waals surface area contributed by atoms with Crippen molar-refractivity contribution in [3.8, 4) is 0 Å². The Balaban J connectivity index is 1.64. The highest BCUT2D eigenvalue weighted by atomic mass is 16.5. The van der Waals surface area contributed by atoms with Crippen LogP contribution in [-0.4, -0.2) is 41.1 Å². The summed E-state index contributed by atoms with van der Waals surface area (Å²) in [6.07, 6.45) is 3.20. The van der Waals surface area contributed by atoms with Gasteiger partial charge in [0.1, 0.15) is 11.6 Å². The number of carbonyl (C=O) groups excluding carboxylic acids is 2. The molecule has 0 aliphatic carbocycles. The minimum atomic E-state index is -0.919. The van der Waals surface area contributed by atoms with Crippen LogP contribution in [0.4, 0.5) is 5.69 Å². The van der Waals surface area contributed by atoms with Gasteiger partial charge >= 0.3 is 0 Å². The summed E-state index contributed by atoms with van der Waals surface area (Å²) in [5, 5.41) is 1.14. The molecule has 0 saturated carbocycles. The van der Waals surface area contributed by atoms with Gasteiger partial charge in [0.25, 0.3) is 0 Å². The van der Waals surface area contributed by atoms with Crippen molar-refractivity contribution in [2.24, 2.45) is 0 Å². The zero-order valence-corrected chi connectivity index (χ0v) is 17.9. The molecule has 2 aromatic carbocycles. The third-order valence-corrected chi connectivity index (χ3v) is 6.11. The molecular weight excluding hydrogens is 390 g/mol. The maximum Gasteiger partial charge on any atom is 0.229 e. The van der Waals surface area contributed by atoms with Crippen LogP contribution in [0.25, 0.3) is 10.9 Å². The summed E-state index contributed by atoms with van der Waals surface area (Å²) < 4.78 is 5.98. The van der Waals surface area contributed by atoms with Crippen molar-refractivity contribution in [3.63, 3.8) is 0 Å². The molecule has 0 radical (unpaired) electrons. The highest BCUT2D eigenvalue weighted by Gasteiger charge is 2.45. The van der Waals surface area contributed by atoms with E-state index in [1.54, 1.807) is 12.0 Å². The molecule has 0 spiro atoms. The number of amides is 1. The molecule has 3 aromatic rings. The summed E-state index contributed by atoms with van der Waals surface area (Å²) in [6.45, 7) is 3.02. The number of hydrogen-bond acceptors (Lipinski definition) is 4. The molecule has 1 amide bonds. The number of aromatic amines is 1. The van der Waals surface area contributed by atoms with Crippen LogP contribution in [0.2, 0.25) is 0 Å². The van der Waals surface area contributed by atoms with Crippen LogP contribution in [0, 0.1) is 0 Å². The topological polar surface area (TPSA) is 65.6 Å². The molecule has 6 nitrogen and oxygen atoms in total. The SMILES string of the molecule is CCC(=O)N(c1ccccc1)C1(OC)CCN(Cc2c[nH]c3ccccc23)C(=C=O)C1. The second-order valence-electron chi connectivity index (χ2n) is 7.83. The van der Waals surface area contributed by atoms with Gasteiger partial charge in [-0.15, -0.1) is 0 Å². The maximum absolute atomic E-state index is 13.0. The Hall–Kier alpha value is -3.34. The Labute approximate surface area is 182 Å². The predicted molar refractivity (Wildman–Crippen MR) is 121 cm³/mol. The van der Waals surface area contributed by atoms with E-state index >= 15 is 0 Å². The fourth-order valence-electron chi connectivity index (χ4n) is 4.45. The van der Waals surface area contributed by atoms with Crippen molar-refractivity contribution in [1.82, 2.24) is 9.88 Å². The number of aromatic nitrogens is 1. The van der Waals surface area contributed by atoms with Gasteiger partial charge in [-0.25, -0.2) is 4.79 Å². The molecule has 1 saturated heterocycles. The van der Waals surface area contributed by atoms with Crippen molar-refractivity contribution >= 4 is 28.4 Å². The first kappa shape index (κ1) is 20.9. The normalized spacial score (nSPS) is 18.8. The van der Waals surface area contributed by atoms with E-state index in [1.165, 1.54) is 0 Å². The smallest absolute Gasteiger partial charge is 0.229 e. The molecule has 160 valence electrons. The number of hydrogen-bond donors (Lipinski definition) is 1. The molecule has 1 unspecified atom stereocenters. The Morgan fingerprint density at radius 1 is 1.19 bits per heavy atom. The molecule has 1 N–H and O–H groups in total. The monoisotopic (exact) mass is 417 g/mol. The van der Waals surface area contributed by atoms with Gasteiger partial charge in [-0.3, -0.25) is 9.69 Å². The van der Waals surface area contributed by atoms with Gasteiger partial charge in [-0.1, -0.05) is 43.3 Å². The lowest BCUT2D eigenvalue weighted by Crippen LogP contribution is -2.58. The van der Waals surface area contributed by atoms with Crippen LogP contribution < -0.4 is 4.90 Å². The largest absolute Gasteiger partial charge is 0.361 e. The minimum absolute atomic E-state index is 0.0385. The average molecular weight is 418 g/mol. The second-order valence-corrected chi connectivity index (χ2v) is 7.83. The van der Waals surface area contributed by atoms with Crippen LogP contribution in [0.1, 0.15) is 31.7 Å². The van der Waals surface area contributed by atoms with Crippen LogP contribution in [0.15, 0.2) is 66.5 Å². The number of methoxy groups -OCH3 is 1. The van der Waals surface area contributed by atoms with Crippen LogP contribution in [0.5, 0.6) is 0 Å². The lowest BCUT2D eigenvalue weighted by atomic mass is 9.93. The third kappa shape index (κ3) is 3.88. The molecule has 6 heteroatoms. The van der Waals surface area contributed by atoms with E-state index < -0.39 is 5.72 Å². The Morgan fingerprint density at radius 3 is 2.65 bits per heavy atom. The van der Waals surface area contributed by atoms with Gasteiger partial charge in [-0.05, 0) is 23.8 Å². The summed E-state index contributed by atoms with van der Waals surface area (Å²) >= 11 is 0. The van der Waals surface area contributed by atoms with Crippen LogP contribution in [0.3, 0.4) is 0 Å². The van der Waals surface area contributed by atoms with Gasteiger partial charge < -0.3 is 14.6 Å². The van der Waals surface area contributed by atoms with E-state index in [1.807, 2.05) is 66.6 Å². The Bertz CT molecular complexity index is 1120. The number of ether oxygens (including phenoxy) is 1. The number of fused-ring (bicyclic) bond motifs is 1. The van der Waals surface area contributed by atoms with Crippen molar-refractivity contribution in [2.45, 2.75) is 38.5 Å². The fraction of sp³-hybridized carbons (Fsp3) is 0.320. The van der Waals surface area contributed by atoms with E-state index in [4.69, 9.17) is 4.74 Å². The van der Waals surface area contributed by atoms with Crippen molar-refractivity contribution in [3.05, 3.63) is 72.1 Å². The standard InChI is InChI=1S/C25H27N3O3/c1-3-24(30)28(20-9-5-4-6-10-20)25(31-2)13-14-27(21(15-25)18-29)17-19-16-26-23-12-8-7-11-22(19)23/h4-12,16,26H,3,13-15,17H2,1-2H3. The van der Waals surface area contributed by atoms with Gasteiger partial charge in [0, 0.05) is 62.2 Å². The number of rotatable bonds is 6. The quantitative estimate of drug-likeness (QED) is 0.481. The summed E-state index contributed by atoms with van der Waals surface area (Å²) in [7, 11) is 1.61. The van der Waals surface area contributed by atoms with Crippen molar-refractivity contribution in [2.75, 3.05) is 18.6 Å². The number of likely N-dealkylation sites (tertiary alicyclic amines) is 1. The lowest BCUT2D eigenvalue weighted by molar-refractivity contribution is -0.126. The summed E-state index contributed by atoms with van der Waals surface area (Å²) in [4.78, 5) is 32.0. The maximum atomic E-state index is 13.0. The highest BCUT2D eigenvalue weighted by molar-refractivity contribution is 5.94. The molecule has 1 aliphatic rings. The minimum Gasteiger partial charge on any atom is -0.361 e. The summed E-state index contributed by atoms with van der Waals surface area (Å²) in [5.74, 6) is 2.09. The zero-order valence-electron chi connectivity index (χ0n) is 17.9. The molecule has 1 atom stereocenters. The summed E-state index contributed by atoms with van der Waals surface area (Å²) in [6, 6.07) is 17.6. The van der Waals surface area contributed by atoms with E-state index in [0.29, 0.717) is 31.6 Å². The molecule has 1 fully saturated rings. The van der Waals surface area contributed by atoms with E-state index in [0.717, 1.165) is 22.2 Å². The molecule has 1 aliphatic heterocycles. The number of benzene rings is 2. The second kappa shape index (κ2) is 8.80. The van der Waals surface area contributed by atoms with E-state index in [-0.39, 0.29) is 12.3 Å². The number of H-pyrrole nitrogens is 1. The Kier molecular flexibility index (Phi) is 5.94. The average Bonchev–Trinajstić information content (AvgIpc) is 3.23. The highest BCUT2D eigenvalue weighted by Crippen LogP contribution is 2.38. The van der Waals surface area contributed by atoms with Crippen LogP contribution >= 0.6 is 0 Å². The lowest BCUT2D eigenvalue weighted by Gasteiger charge is -2.48. The van der Waals surface area contributed by atoms with Crippen molar-refractivity contribution < 1.29 is 14.3 Å². The summed E-state index contributed by atoms with van der Waals surface area (Å²) in [5.41, 5.74) is 2.56. The molecule has 4 rings (SSSR count). The molecule has 31 heavy (non-hydrogen) atoms. The number of nitrogens with one attached hydrogen (secondary N) is 1. The Morgan fingerprint density at radius 2 is 1.94 bits per heavy atom. The molecule has 2 heterocycles. The fourth-order valence-corrected chi connectivity index (χ4v) is 4.45. The van der Waals surface area contributed by atoms with Gasteiger partial charge in [-0.2, -0.15) is 0 Å². The van der Waals surface area contributed by atoms with E-state index in [2.05, 4.69) is 17.0 Å². The molecular formula is C25H27N3O3. The number of piperidine rings is 1. The third-order valence-electron chi connectivity index (χ3n) is 6.11. The number of anilines is 1.